The number of allylic oxidation sites excluding steroid dienone is 1. The Morgan fingerprint density at radius 2 is 1.65 bits per heavy atom. The summed E-state index contributed by atoms with van der Waals surface area (Å²) in [5.74, 6) is -2.99. The summed E-state index contributed by atoms with van der Waals surface area (Å²) in [5.41, 5.74) is 12.5. The van der Waals surface area contributed by atoms with Gasteiger partial charge in [-0.3, -0.25) is 19.7 Å². The number of amidine groups is 1. The van der Waals surface area contributed by atoms with E-state index >= 15 is 0 Å². The van der Waals surface area contributed by atoms with E-state index in [0.29, 0.717) is 11.1 Å². The molecule has 1 saturated carbocycles. The summed E-state index contributed by atoms with van der Waals surface area (Å²) in [7, 11) is 0. The molecule has 174 valence electrons. The third-order valence-corrected chi connectivity index (χ3v) is 5.81. The van der Waals surface area contributed by atoms with Gasteiger partial charge in [0.2, 0.25) is 0 Å². The molecule has 9 nitrogen and oxygen atoms in total. The summed E-state index contributed by atoms with van der Waals surface area (Å²) in [4.78, 5) is 41.0. The van der Waals surface area contributed by atoms with E-state index in [1.807, 2.05) is 26.0 Å². The van der Waals surface area contributed by atoms with Gasteiger partial charge < -0.3 is 11.5 Å². The Kier molecular flexibility index (Phi) is 6.92. The van der Waals surface area contributed by atoms with Crippen molar-refractivity contribution in [2.45, 2.75) is 32.6 Å². The first-order chi connectivity index (χ1) is 16.0. The predicted molar refractivity (Wildman–Crippen MR) is 126 cm³/mol. The van der Waals surface area contributed by atoms with Crippen molar-refractivity contribution in [2.24, 2.45) is 27.8 Å². The van der Waals surface area contributed by atoms with Crippen LogP contribution in [0.2, 0.25) is 0 Å². The molecule has 1 fully saturated rings. The molecule has 34 heavy (non-hydrogen) atoms. The number of nitro groups is 1. The highest BCUT2D eigenvalue weighted by atomic mass is 16.6. The van der Waals surface area contributed by atoms with Crippen LogP contribution >= 0.6 is 0 Å². The number of ketones is 2. The lowest BCUT2D eigenvalue weighted by Gasteiger charge is -2.35. The highest BCUT2D eigenvalue weighted by Gasteiger charge is 2.45. The lowest BCUT2D eigenvalue weighted by Crippen LogP contribution is -2.41. The van der Waals surface area contributed by atoms with Crippen LogP contribution in [-0.2, 0) is 9.59 Å². The van der Waals surface area contributed by atoms with Crippen LogP contribution in [0.1, 0.15) is 43.7 Å². The number of carbonyl (C=O) groups excluding carboxylic acids is 2. The molecule has 0 saturated heterocycles. The van der Waals surface area contributed by atoms with Crippen molar-refractivity contribution in [3.8, 4) is 6.07 Å². The molecule has 0 heterocycles. The normalized spacial score (nSPS) is 18.1. The van der Waals surface area contributed by atoms with E-state index in [-0.39, 0.29) is 47.3 Å². The maximum atomic E-state index is 13.1. The fourth-order valence-corrected chi connectivity index (χ4v) is 4.26. The summed E-state index contributed by atoms with van der Waals surface area (Å²) < 4.78 is 0. The lowest BCUT2D eigenvalue weighted by molar-refractivity contribution is -0.384. The second-order valence-corrected chi connectivity index (χ2v) is 9.03. The van der Waals surface area contributed by atoms with Crippen LogP contribution < -0.4 is 11.5 Å². The van der Waals surface area contributed by atoms with E-state index in [0.717, 1.165) is 0 Å². The smallest absolute Gasteiger partial charge is 0.269 e. The molecule has 2 aromatic rings. The van der Waals surface area contributed by atoms with Gasteiger partial charge in [0.15, 0.2) is 0 Å². The van der Waals surface area contributed by atoms with Crippen LogP contribution in [0.4, 0.5) is 5.69 Å². The zero-order chi connectivity index (χ0) is 25.0. The van der Waals surface area contributed by atoms with Crippen molar-refractivity contribution < 1.29 is 14.5 Å². The third kappa shape index (κ3) is 5.18. The first-order valence-electron chi connectivity index (χ1n) is 10.6. The van der Waals surface area contributed by atoms with Crippen molar-refractivity contribution in [3.05, 3.63) is 87.2 Å². The van der Waals surface area contributed by atoms with Gasteiger partial charge in [-0.25, -0.2) is 4.99 Å². The number of benzene rings is 2. The van der Waals surface area contributed by atoms with Crippen molar-refractivity contribution >= 4 is 23.1 Å². The Balaban J connectivity index is 2.16. The number of non-ortho nitro benzene ring substituents is 1. The summed E-state index contributed by atoms with van der Waals surface area (Å²) in [5, 5.41) is 21.1. The van der Waals surface area contributed by atoms with Gasteiger partial charge in [0.25, 0.3) is 5.69 Å². The minimum absolute atomic E-state index is 0.0655. The van der Waals surface area contributed by atoms with Gasteiger partial charge in [0.05, 0.1) is 22.5 Å². The minimum Gasteiger partial charge on any atom is -0.383 e. The number of nitro benzene ring substituents is 1. The van der Waals surface area contributed by atoms with Crippen molar-refractivity contribution in [1.82, 2.24) is 0 Å². The Labute approximate surface area is 196 Å². The van der Waals surface area contributed by atoms with Gasteiger partial charge in [0, 0.05) is 36.5 Å². The standard InChI is InChI=1S/C25H25N5O4/c1-25(2)12-19(31)22(20(32)13-25)21(15-8-10-17(11-9-15)30(33)34)18(14-26)24(28)29-23(27)16-6-4-3-5-7-16/h3-11,21-22H,12-13,28H2,1-2H3,(H2,27,29)/b24-18-. The zero-order valence-electron chi connectivity index (χ0n) is 18.9. The Morgan fingerprint density at radius 1 is 1.09 bits per heavy atom. The van der Waals surface area contributed by atoms with Gasteiger partial charge in [-0.15, -0.1) is 0 Å². The number of hydrogen-bond acceptors (Lipinski definition) is 7. The van der Waals surface area contributed by atoms with Crippen molar-refractivity contribution in [1.29, 1.82) is 5.26 Å². The van der Waals surface area contributed by atoms with Crippen LogP contribution in [0.15, 0.2) is 71.0 Å². The summed E-state index contributed by atoms with van der Waals surface area (Å²) in [6.07, 6.45) is 0.307. The van der Waals surface area contributed by atoms with E-state index in [2.05, 4.69) is 4.99 Å². The fraction of sp³-hybridized carbons (Fsp3) is 0.280. The molecule has 2 aromatic carbocycles. The lowest BCUT2D eigenvalue weighted by atomic mass is 9.65. The molecule has 1 aliphatic carbocycles. The van der Waals surface area contributed by atoms with E-state index < -0.39 is 22.2 Å². The molecule has 9 heteroatoms. The number of rotatable bonds is 6. The second kappa shape index (κ2) is 9.67. The van der Waals surface area contributed by atoms with Crippen LogP contribution in [0.5, 0.6) is 0 Å². The first-order valence-corrected chi connectivity index (χ1v) is 10.6. The predicted octanol–water partition coefficient (Wildman–Crippen LogP) is 3.35. The van der Waals surface area contributed by atoms with Gasteiger partial charge >= 0.3 is 0 Å². The molecular weight excluding hydrogens is 434 g/mol. The molecule has 0 amide bonds. The maximum Gasteiger partial charge on any atom is 0.269 e. The average molecular weight is 460 g/mol. The number of carbonyl (C=O) groups is 2. The molecule has 1 aliphatic rings. The van der Waals surface area contributed by atoms with Crippen LogP contribution in [0.3, 0.4) is 0 Å². The monoisotopic (exact) mass is 459 g/mol. The second-order valence-electron chi connectivity index (χ2n) is 9.03. The summed E-state index contributed by atoms with van der Waals surface area (Å²) in [6.45, 7) is 3.67. The highest BCUT2D eigenvalue weighted by Crippen LogP contribution is 2.43. The van der Waals surface area contributed by atoms with Crippen LogP contribution in [0, 0.1) is 32.8 Å². The summed E-state index contributed by atoms with van der Waals surface area (Å²) in [6, 6.07) is 16.2. The third-order valence-electron chi connectivity index (χ3n) is 5.81. The zero-order valence-corrected chi connectivity index (χ0v) is 18.9. The van der Waals surface area contributed by atoms with E-state index in [4.69, 9.17) is 11.5 Å². The average Bonchev–Trinajstić information content (AvgIpc) is 2.78. The van der Waals surface area contributed by atoms with Crippen molar-refractivity contribution in [3.63, 3.8) is 0 Å². The molecular formula is C25H25N5O4. The molecule has 1 atom stereocenters. The Bertz CT molecular complexity index is 1200. The molecule has 0 aliphatic heterocycles. The maximum absolute atomic E-state index is 13.1. The van der Waals surface area contributed by atoms with Crippen molar-refractivity contribution in [2.75, 3.05) is 0 Å². The molecule has 0 spiro atoms. The number of nitrogens with two attached hydrogens (primary N) is 2. The number of aliphatic imine (C=N–C) groups is 1. The summed E-state index contributed by atoms with van der Waals surface area (Å²) >= 11 is 0. The van der Waals surface area contributed by atoms with E-state index in [1.165, 1.54) is 24.3 Å². The highest BCUT2D eigenvalue weighted by molar-refractivity contribution is 6.06. The van der Waals surface area contributed by atoms with E-state index in [9.17, 15) is 25.0 Å². The minimum atomic E-state index is -1.16. The van der Waals surface area contributed by atoms with Gasteiger partial charge in [-0.2, -0.15) is 5.26 Å². The van der Waals surface area contributed by atoms with Gasteiger partial charge in [-0.1, -0.05) is 56.3 Å². The molecule has 3 rings (SSSR count). The number of nitrogens with zero attached hydrogens (tertiary/aromatic N) is 3. The van der Waals surface area contributed by atoms with Crippen LogP contribution in [-0.4, -0.2) is 22.3 Å². The van der Waals surface area contributed by atoms with Gasteiger partial charge in [0.1, 0.15) is 23.2 Å². The number of nitriles is 1. The van der Waals surface area contributed by atoms with Crippen LogP contribution in [0.25, 0.3) is 0 Å². The molecule has 1 unspecified atom stereocenters. The molecule has 0 radical (unpaired) electrons. The fourth-order valence-electron chi connectivity index (χ4n) is 4.26. The molecule has 0 bridgehead atoms. The SMILES string of the molecule is CC1(C)CC(=O)C(C(/C(C#N)=C(N)\N=C(\N)c2ccccc2)c2ccc([N+](=O)[O-])cc2)C(=O)C1. The number of hydrogen-bond donors (Lipinski definition) is 2. The quantitative estimate of drug-likeness (QED) is 0.167. The van der Waals surface area contributed by atoms with E-state index in [1.54, 1.807) is 24.3 Å². The molecule has 4 N–H and O–H groups in total. The largest absolute Gasteiger partial charge is 0.383 e. The Morgan fingerprint density at radius 3 is 2.15 bits per heavy atom. The topological polar surface area (TPSA) is 165 Å². The first kappa shape index (κ1) is 24.3. The number of Topliss-reactive ketones (excluding diaryl/α,β-unsaturated/α-hetero) is 2. The Hall–Kier alpha value is -4.32. The van der Waals surface area contributed by atoms with Gasteiger partial charge in [-0.05, 0) is 11.0 Å². The molecule has 0 aromatic heterocycles.